The molecule has 1 unspecified atom stereocenters. The van der Waals surface area contributed by atoms with Gasteiger partial charge in [-0.25, -0.2) is 4.79 Å². The fraction of sp³-hybridized carbons (Fsp3) is 0.522. The molecule has 1 aromatic heterocycles. The van der Waals surface area contributed by atoms with Gasteiger partial charge in [0.05, 0.1) is 0 Å². The van der Waals surface area contributed by atoms with Crippen LogP contribution in [0.4, 0.5) is 10.5 Å². The summed E-state index contributed by atoms with van der Waals surface area (Å²) in [5.41, 5.74) is 2.47. The van der Waals surface area contributed by atoms with Crippen molar-refractivity contribution < 1.29 is 19.8 Å². The van der Waals surface area contributed by atoms with Gasteiger partial charge in [0, 0.05) is 81.2 Å². The fourth-order valence-corrected chi connectivity index (χ4v) is 5.30. The Labute approximate surface area is 198 Å². The third-order valence-corrected chi connectivity index (χ3v) is 7.20. The van der Waals surface area contributed by atoms with Gasteiger partial charge in [-0.15, -0.1) is 4.73 Å². The molecule has 0 aliphatic carbocycles. The molecular weight excluding hydrogens is 446 g/mol. The number of fused-ring (bicyclic) bond motifs is 1. The van der Waals surface area contributed by atoms with Gasteiger partial charge >= 0.3 is 6.09 Å². The highest BCUT2D eigenvalue weighted by atomic mass is 35.5. The molecule has 3 aliphatic rings. The van der Waals surface area contributed by atoms with Gasteiger partial charge in [0.25, 0.3) is 0 Å². The maximum absolute atomic E-state index is 12.4. The fourth-order valence-electron chi connectivity index (χ4n) is 5.14. The summed E-state index contributed by atoms with van der Waals surface area (Å²) in [7, 11) is 0. The van der Waals surface area contributed by atoms with E-state index < -0.39 is 6.09 Å². The van der Waals surface area contributed by atoms with Crippen LogP contribution in [0.5, 0.6) is 11.8 Å². The number of benzene rings is 1. The number of halogens is 1. The van der Waals surface area contributed by atoms with Crippen LogP contribution >= 0.6 is 11.6 Å². The van der Waals surface area contributed by atoms with Crippen LogP contribution in [0.25, 0.3) is 0 Å². The van der Waals surface area contributed by atoms with Gasteiger partial charge in [0.1, 0.15) is 0 Å². The highest BCUT2D eigenvalue weighted by Crippen LogP contribution is 2.31. The lowest BCUT2D eigenvalue weighted by Crippen LogP contribution is -2.51. The maximum Gasteiger partial charge on any atom is 0.434 e. The molecule has 1 atom stereocenters. The minimum atomic E-state index is -0.599. The Kier molecular flexibility index (Phi) is 6.27. The van der Waals surface area contributed by atoms with Crippen molar-refractivity contribution in [1.29, 1.82) is 0 Å². The Balaban J connectivity index is 1.20. The lowest BCUT2D eigenvalue weighted by Gasteiger charge is -2.40. The van der Waals surface area contributed by atoms with E-state index in [0.29, 0.717) is 32.2 Å². The van der Waals surface area contributed by atoms with Crippen LogP contribution in [0.1, 0.15) is 18.4 Å². The third-order valence-electron chi connectivity index (χ3n) is 6.97. The Morgan fingerprint density at radius 2 is 1.76 bits per heavy atom. The van der Waals surface area contributed by atoms with E-state index in [4.69, 9.17) is 16.4 Å². The number of rotatable bonds is 4. The number of aromatic hydroxyl groups is 2. The van der Waals surface area contributed by atoms with Gasteiger partial charge in [-0.05, 0) is 37.1 Å². The largest absolute Gasteiger partial charge is 0.492 e. The zero-order chi connectivity index (χ0) is 22.9. The molecule has 1 amide bonds. The molecule has 3 saturated heterocycles. The minimum absolute atomic E-state index is 0.326. The highest BCUT2D eigenvalue weighted by molar-refractivity contribution is 6.30. The number of carbonyl (C=O) groups excluding carboxylic acids is 1. The topological polar surface area (TPSA) is 84.6 Å². The van der Waals surface area contributed by atoms with E-state index in [0.717, 1.165) is 35.9 Å². The summed E-state index contributed by atoms with van der Waals surface area (Å²) in [6.45, 7) is 7.60. The zero-order valence-corrected chi connectivity index (χ0v) is 19.3. The van der Waals surface area contributed by atoms with Crippen molar-refractivity contribution in [1.82, 2.24) is 19.4 Å². The number of anilines is 1. The number of hydrogen-bond donors (Lipinski definition) is 2. The average molecular weight is 476 g/mol. The average Bonchev–Trinajstić information content (AvgIpc) is 3.42. The second-order valence-corrected chi connectivity index (χ2v) is 9.45. The molecule has 0 bridgehead atoms. The lowest BCUT2D eigenvalue weighted by molar-refractivity contribution is 0.0555. The van der Waals surface area contributed by atoms with E-state index in [2.05, 4.69) is 26.8 Å². The summed E-state index contributed by atoms with van der Waals surface area (Å²) in [5, 5.41) is 20.1. The molecule has 178 valence electrons. The van der Waals surface area contributed by atoms with Gasteiger partial charge < -0.3 is 24.9 Å². The second-order valence-electron chi connectivity index (χ2n) is 9.02. The molecule has 10 heteroatoms. The molecule has 1 aromatic carbocycles. The first-order valence-corrected chi connectivity index (χ1v) is 11.9. The first kappa shape index (κ1) is 22.2. The monoisotopic (exact) mass is 475 g/mol. The summed E-state index contributed by atoms with van der Waals surface area (Å²) in [6, 6.07) is 9.32. The van der Waals surface area contributed by atoms with Crippen LogP contribution < -0.4 is 9.74 Å². The van der Waals surface area contributed by atoms with Crippen molar-refractivity contribution in [2.24, 2.45) is 0 Å². The molecule has 3 aliphatic heterocycles. The Hall–Kier alpha value is -2.62. The summed E-state index contributed by atoms with van der Waals surface area (Å²) in [5.74, 6) is -0.651. The molecule has 0 saturated carbocycles. The third kappa shape index (κ3) is 4.71. The van der Waals surface area contributed by atoms with E-state index in [1.807, 2.05) is 6.07 Å². The number of amides is 1. The summed E-state index contributed by atoms with van der Waals surface area (Å²) >= 11 is 6.38. The van der Waals surface area contributed by atoms with Crippen molar-refractivity contribution in [3.8, 4) is 11.8 Å². The van der Waals surface area contributed by atoms with Crippen molar-refractivity contribution in [2.75, 3.05) is 57.3 Å². The molecule has 0 spiro atoms. The minimum Gasteiger partial charge on any atom is -0.492 e. The maximum atomic E-state index is 12.4. The van der Waals surface area contributed by atoms with Crippen LogP contribution in [-0.2, 0) is 6.54 Å². The van der Waals surface area contributed by atoms with Gasteiger partial charge in [-0.2, -0.15) is 0 Å². The number of aromatic nitrogens is 1. The van der Waals surface area contributed by atoms with Crippen LogP contribution in [0.15, 0.2) is 30.3 Å². The molecule has 9 nitrogen and oxygen atoms in total. The molecule has 2 N–H and O–H groups in total. The van der Waals surface area contributed by atoms with E-state index in [1.54, 1.807) is 4.90 Å². The van der Waals surface area contributed by atoms with Crippen molar-refractivity contribution in [3.05, 3.63) is 40.9 Å². The first-order valence-electron chi connectivity index (χ1n) is 11.5. The van der Waals surface area contributed by atoms with Crippen LogP contribution in [0, 0.1) is 0 Å². The quantitative estimate of drug-likeness (QED) is 0.701. The first-order chi connectivity index (χ1) is 16.0. The van der Waals surface area contributed by atoms with Crippen molar-refractivity contribution in [3.63, 3.8) is 0 Å². The van der Waals surface area contributed by atoms with E-state index >= 15 is 0 Å². The van der Waals surface area contributed by atoms with Crippen LogP contribution in [0.3, 0.4) is 0 Å². The van der Waals surface area contributed by atoms with Gasteiger partial charge in [0.2, 0.25) is 11.8 Å². The van der Waals surface area contributed by atoms with E-state index in [9.17, 15) is 15.0 Å². The standard InChI is InChI=1S/C23H30ClN5O4/c24-18-4-3-17(20(14-18)28-13-12-26-7-1-2-19(26)16-28)15-25-8-10-27(11-9-25)23(32)33-29-21(30)5-6-22(29)31/h3-6,14,19,30-31H,1-2,7-13,15-16H2. The molecule has 3 fully saturated rings. The molecule has 2 aromatic rings. The second kappa shape index (κ2) is 9.32. The smallest absolute Gasteiger partial charge is 0.434 e. The van der Waals surface area contributed by atoms with Crippen LogP contribution in [-0.4, -0.2) is 94.1 Å². The summed E-state index contributed by atoms with van der Waals surface area (Å²) < 4.78 is 0.721. The zero-order valence-electron chi connectivity index (χ0n) is 18.6. The number of nitrogens with zero attached hydrogens (tertiary/aromatic N) is 5. The highest BCUT2D eigenvalue weighted by Gasteiger charge is 2.32. The Morgan fingerprint density at radius 1 is 1.00 bits per heavy atom. The van der Waals surface area contributed by atoms with Crippen molar-refractivity contribution in [2.45, 2.75) is 25.4 Å². The molecular formula is C23H30ClN5O4. The Morgan fingerprint density at radius 3 is 2.52 bits per heavy atom. The van der Waals surface area contributed by atoms with Gasteiger partial charge in [-0.3, -0.25) is 9.80 Å². The summed E-state index contributed by atoms with van der Waals surface area (Å²) in [4.78, 5) is 26.5. The SMILES string of the molecule is O=C(On1c(O)ccc1O)N1CCN(Cc2ccc(Cl)cc2N2CCN3CCCC3C2)CC1. The number of hydrogen-bond acceptors (Lipinski definition) is 7. The van der Waals surface area contributed by atoms with E-state index in [-0.39, 0.29) is 11.8 Å². The van der Waals surface area contributed by atoms with Gasteiger partial charge in [-0.1, -0.05) is 17.7 Å². The van der Waals surface area contributed by atoms with Gasteiger partial charge in [0.15, 0.2) is 0 Å². The summed E-state index contributed by atoms with van der Waals surface area (Å²) in [6.07, 6.45) is 1.96. The normalized spacial score (nSPS) is 21.9. The lowest BCUT2D eigenvalue weighted by atomic mass is 10.1. The Bertz CT molecular complexity index is 987. The molecule has 33 heavy (non-hydrogen) atoms. The van der Waals surface area contributed by atoms with E-state index in [1.165, 1.54) is 42.8 Å². The molecule has 5 rings (SSSR count). The molecule has 4 heterocycles. The van der Waals surface area contributed by atoms with Crippen LogP contribution in [0.2, 0.25) is 5.02 Å². The predicted octanol–water partition coefficient (Wildman–Crippen LogP) is 2.20. The van der Waals surface area contributed by atoms with Crippen molar-refractivity contribution >= 4 is 23.4 Å². The number of carbonyl (C=O) groups is 1. The number of piperazine rings is 2. The predicted molar refractivity (Wildman–Crippen MR) is 125 cm³/mol. The molecule has 0 radical (unpaired) electrons.